The molecular weight excluding hydrogens is 397 g/mol. The summed E-state index contributed by atoms with van der Waals surface area (Å²) in [6.07, 6.45) is 3.09. The van der Waals surface area contributed by atoms with Gasteiger partial charge < -0.3 is 19.9 Å². The number of hydrogen-bond donors (Lipinski definition) is 1. The molecular formula is C21H23Cl2N3O2. The Hall–Kier alpha value is -2.21. The average Bonchev–Trinajstić information content (AvgIpc) is 2.67. The van der Waals surface area contributed by atoms with E-state index in [2.05, 4.69) is 22.2 Å². The SMILES string of the molecule is COc1c(Cl)cc(Cl)cc1C=CC(=O)Nc1ccccc1N1CCN(C)CC1. The number of rotatable bonds is 5. The number of piperazine rings is 1. The molecule has 148 valence electrons. The molecule has 3 rings (SSSR count). The largest absolute Gasteiger partial charge is 0.495 e. The maximum absolute atomic E-state index is 12.5. The molecule has 1 fully saturated rings. The van der Waals surface area contributed by atoms with E-state index in [0.717, 1.165) is 37.6 Å². The lowest BCUT2D eigenvalue weighted by Gasteiger charge is -2.35. The minimum atomic E-state index is -0.236. The zero-order valence-electron chi connectivity index (χ0n) is 15.9. The van der Waals surface area contributed by atoms with Gasteiger partial charge in [-0.2, -0.15) is 0 Å². The third-order valence-electron chi connectivity index (χ3n) is 4.66. The Morgan fingerprint density at radius 1 is 1.14 bits per heavy atom. The van der Waals surface area contributed by atoms with Gasteiger partial charge in [-0.25, -0.2) is 0 Å². The molecule has 0 saturated carbocycles. The first-order chi connectivity index (χ1) is 13.5. The lowest BCUT2D eigenvalue weighted by Crippen LogP contribution is -2.44. The van der Waals surface area contributed by atoms with Gasteiger partial charge in [-0.15, -0.1) is 0 Å². The highest BCUT2D eigenvalue weighted by Gasteiger charge is 2.17. The third kappa shape index (κ3) is 4.98. The van der Waals surface area contributed by atoms with Crippen LogP contribution < -0.4 is 15.0 Å². The fourth-order valence-electron chi connectivity index (χ4n) is 3.16. The normalized spacial score (nSPS) is 15.1. The van der Waals surface area contributed by atoms with Crippen molar-refractivity contribution in [3.63, 3.8) is 0 Å². The van der Waals surface area contributed by atoms with Crippen LogP contribution in [0.4, 0.5) is 11.4 Å². The van der Waals surface area contributed by atoms with Crippen molar-refractivity contribution in [1.29, 1.82) is 0 Å². The number of nitrogens with zero attached hydrogens (tertiary/aromatic N) is 2. The first-order valence-corrected chi connectivity index (χ1v) is 9.78. The highest BCUT2D eigenvalue weighted by atomic mass is 35.5. The maximum atomic E-state index is 12.5. The second kappa shape index (κ2) is 9.32. The Morgan fingerprint density at radius 2 is 1.86 bits per heavy atom. The Kier molecular flexibility index (Phi) is 6.83. The molecule has 1 saturated heterocycles. The number of para-hydroxylation sites is 2. The van der Waals surface area contributed by atoms with Gasteiger partial charge in [-0.05, 0) is 37.4 Å². The minimum absolute atomic E-state index is 0.236. The average molecular weight is 420 g/mol. The van der Waals surface area contributed by atoms with Crippen LogP contribution in [-0.4, -0.2) is 51.1 Å². The number of hydrogen-bond acceptors (Lipinski definition) is 4. The fourth-order valence-corrected chi connectivity index (χ4v) is 3.75. The lowest BCUT2D eigenvalue weighted by molar-refractivity contribution is -0.111. The molecule has 0 aliphatic carbocycles. The summed E-state index contributed by atoms with van der Waals surface area (Å²) in [4.78, 5) is 17.1. The van der Waals surface area contributed by atoms with E-state index >= 15 is 0 Å². The van der Waals surface area contributed by atoms with Gasteiger partial charge in [0.15, 0.2) is 0 Å². The molecule has 2 aromatic rings. The van der Waals surface area contributed by atoms with Crippen LogP contribution in [-0.2, 0) is 4.79 Å². The van der Waals surface area contributed by atoms with Crippen LogP contribution >= 0.6 is 23.2 Å². The third-order valence-corrected chi connectivity index (χ3v) is 5.16. The molecule has 0 spiro atoms. The highest BCUT2D eigenvalue weighted by Crippen LogP contribution is 2.33. The standard InChI is InChI=1S/C21H23Cl2N3O2/c1-25-9-11-26(12-10-25)19-6-4-3-5-18(19)24-20(27)8-7-15-13-16(22)14-17(23)21(15)28-2/h3-8,13-14H,9-12H2,1-2H3,(H,24,27). The maximum Gasteiger partial charge on any atom is 0.248 e. The summed E-state index contributed by atoms with van der Waals surface area (Å²) in [6, 6.07) is 11.1. The van der Waals surface area contributed by atoms with Crippen molar-refractivity contribution in [2.45, 2.75) is 0 Å². The summed E-state index contributed by atoms with van der Waals surface area (Å²) in [7, 11) is 3.64. The number of methoxy groups -OCH3 is 1. The Labute approximate surface area is 175 Å². The molecule has 0 aromatic heterocycles. The van der Waals surface area contributed by atoms with E-state index < -0.39 is 0 Å². The van der Waals surface area contributed by atoms with E-state index in [1.54, 1.807) is 18.2 Å². The van der Waals surface area contributed by atoms with Crippen molar-refractivity contribution in [3.05, 3.63) is 58.1 Å². The first-order valence-electron chi connectivity index (χ1n) is 9.02. The van der Waals surface area contributed by atoms with Gasteiger partial charge >= 0.3 is 0 Å². The van der Waals surface area contributed by atoms with Crippen LogP contribution in [0.2, 0.25) is 10.0 Å². The number of anilines is 2. The summed E-state index contributed by atoms with van der Waals surface area (Å²) in [5.41, 5.74) is 2.46. The van der Waals surface area contributed by atoms with E-state index in [9.17, 15) is 4.79 Å². The topological polar surface area (TPSA) is 44.8 Å². The number of carbonyl (C=O) groups is 1. The van der Waals surface area contributed by atoms with Crippen LogP contribution in [0, 0.1) is 0 Å². The first kappa shape index (κ1) is 20.5. The van der Waals surface area contributed by atoms with Gasteiger partial charge in [0.1, 0.15) is 5.75 Å². The molecule has 1 aliphatic heterocycles. The van der Waals surface area contributed by atoms with Gasteiger partial charge in [0.25, 0.3) is 0 Å². The van der Waals surface area contributed by atoms with Gasteiger partial charge in [0.2, 0.25) is 5.91 Å². The van der Waals surface area contributed by atoms with Crippen molar-refractivity contribution >= 4 is 46.6 Å². The smallest absolute Gasteiger partial charge is 0.248 e. The lowest BCUT2D eigenvalue weighted by atomic mass is 10.1. The zero-order valence-corrected chi connectivity index (χ0v) is 17.4. The summed E-state index contributed by atoms with van der Waals surface area (Å²) >= 11 is 12.2. The van der Waals surface area contributed by atoms with Crippen LogP contribution in [0.5, 0.6) is 5.75 Å². The molecule has 7 heteroatoms. The summed E-state index contributed by atoms with van der Waals surface area (Å²) in [5, 5.41) is 3.84. The van der Waals surface area contributed by atoms with Crippen LogP contribution in [0.3, 0.4) is 0 Å². The summed E-state index contributed by atoms with van der Waals surface area (Å²) in [5.74, 6) is 0.243. The van der Waals surface area contributed by atoms with Crippen molar-refractivity contribution in [2.24, 2.45) is 0 Å². The molecule has 1 aliphatic rings. The van der Waals surface area contributed by atoms with Gasteiger partial charge in [0, 0.05) is 42.8 Å². The molecule has 0 unspecified atom stereocenters. The number of likely N-dealkylation sites (N-methyl/N-ethyl adjacent to an activating group) is 1. The van der Waals surface area contributed by atoms with Crippen LogP contribution in [0.15, 0.2) is 42.5 Å². The van der Waals surface area contributed by atoms with Crippen molar-refractivity contribution in [1.82, 2.24) is 4.90 Å². The molecule has 0 bridgehead atoms. The summed E-state index contributed by atoms with van der Waals surface area (Å²) in [6.45, 7) is 3.85. The number of ether oxygens (including phenoxy) is 1. The number of halogens is 2. The molecule has 1 heterocycles. The van der Waals surface area contributed by atoms with Gasteiger partial charge in [-0.1, -0.05) is 35.3 Å². The summed E-state index contributed by atoms with van der Waals surface area (Å²) < 4.78 is 5.30. The monoisotopic (exact) mass is 419 g/mol. The predicted octanol–water partition coefficient (Wildman–Crippen LogP) is 4.41. The van der Waals surface area contributed by atoms with Gasteiger partial charge in [0.05, 0.1) is 23.5 Å². The number of amides is 1. The second-order valence-electron chi connectivity index (χ2n) is 6.64. The van der Waals surface area contributed by atoms with E-state index in [1.165, 1.54) is 13.2 Å². The molecule has 1 amide bonds. The van der Waals surface area contributed by atoms with Crippen LogP contribution in [0.25, 0.3) is 6.08 Å². The van der Waals surface area contributed by atoms with E-state index in [1.807, 2.05) is 24.3 Å². The Balaban J connectivity index is 1.75. The van der Waals surface area contributed by atoms with E-state index in [4.69, 9.17) is 27.9 Å². The van der Waals surface area contributed by atoms with E-state index in [0.29, 0.717) is 21.4 Å². The Bertz CT molecular complexity index is 878. The number of nitrogens with one attached hydrogen (secondary N) is 1. The molecule has 0 atom stereocenters. The van der Waals surface area contributed by atoms with Crippen LogP contribution in [0.1, 0.15) is 5.56 Å². The van der Waals surface area contributed by atoms with E-state index in [-0.39, 0.29) is 5.91 Å². The highest BCUT2D eigenvalue weighted by molar-refractivity contribution is 6.36. The predicted molar refractivity (Wildman–Crippen MR) is 117 cm³/mol. The minimum Gasteiger partial charge on any atom is -0.495 e. The van der Waals surface area contributed by atoms with Crippen molar-refractivity contribution < 1.29 is 9.53 Å². The molecule has 1 N–H and O–H groups in total. The number of carbonyl (C=O) groups excluding carboxylic acids is 1. The second-order valence-corrected chi connectivity index (χ2v) is 7.48. The molecule has 28 heavy (non-hydrogen) atoms. The Morgan fingerprint density at radius 3 is 2.57 bits per heavy atom. The van der Waals surface area contributed by atoms with Crippen molar-refractivity contribution in [3.8, 4) is 5.75 Å². The molecule has 5 nitrogen and oxygen atoms in total. The quantitative estimate of drug-likeness (QED) is 0.729. The van der Waals surface area contributed by atoms with Crippen molar-refractivity contribution in [2.75, 3.05) is 50.6 Å². The molecule has 0 radical (unpaired) electrons. The number of benzene rings is 2. The molecule has 2 aromatic carbocycles. The van der Waals surface area contributed by atoms with Gasteiger partial charge in [-0.3, -0.25) is 4.79 Å². The fraction of sp³-hybridized carbons (Fsp3) is 0.286. The zero-order chi connectivity index (χ0) is 20.1.